The average Bonchev–Trinajstić information content (AvgIpc) is 2.81. The number of nitrogens with one attached hydrogen (secondary N) is 1. The van der Waals surface area contributed by atoms with Crippen LogP contribution in [0.25, 0.3) is 0 Å². The van der Waals surface area contributed by atoms with Gasteiger partial charge in [0.15, 0.2) is 5.95 Å². The van der Waals surface area contributed by atoms with Gasteiger partial charge in [0, 0.05) is 11.6 Å². The van der Waals surface area contributed by atoms with Gasteiger partial charge in [0.1, 0.15) is 5.75 Å². The van der Waals surface area contributed by atoms with Gasteiger partial charge in [0.2, 0.25) is 0 Å². The summed E-state index contributed by atoms with van der Waals surface area (Å²) in [6.45, 7) is 6.60. The Morgan fingerprint density at radius 1 is 1.20 bits per heavy atom. The molecule has 1 saturated carbocycles. The Bertz CT molecular complexity index is 628. The lowest BCUT2D eigenvalue weighted by Gasteiger charge is -2.04. The maximum absolute atomic E-state index is 5.77. The van der Waals surface area contributed by atoms with E-state index in [-0.39, 0.29) is 5.41 Å². The van der Waals surface area contributed by atoms with Gasteiger partial charge in [-0.1, -0.05) is 26.0 Å². The van der Waals surface area contributed by atoms with Gasteiger partial charge in [-0.2, -0.15) is 0 Å². The third-order valence-corrected chi connectivity index (χ3v) is 4.55. The smallest absolute Gasteiger partial charge is 0.197 e. The summed E-state index contributed by atoms with van der Waals surface area (Å²) in [5.41, 5.74) is 9.52. The van der Waals surface area contributed by atoms with Gasteiger partial charge in [0.25, 0.3) is 0 Å². The molecule has 0 bridgehead atoms. The number of aromatic nitrogens is 2. The molecule has 3 N–H and O–H groups in total. The first-order valence-corrected chi connectivity index (χ1v) is 6.91. The van der Waals surface area contributed by atoms with Gasteiger partial charge >= 0.3 is 0 Å². The molecular formula is C16H21N3O. The SMILES string of the molecule is COc1ccc([C@@H]2[C@@H](c3[nH]c(N)nc3C)C2(C)C)cc1. The van der Waals surface area contributed by atoms with E-state index in [2.05, 4.69) is 35.9 Å². The van der Waals surface area contributed by atoms with Crippen LogP contribution in [0.15, 0.2) is 24.3 Å². The number of imidazole rings is 1. The lowest BCUT2D eigenvalue weighted by Crippen LogP contribution is -1.92. The first-order chi connectivity index (χ1) is 9.45. The van der Waals surface area contributed by atoms with Crippen molar-refractivity contribution < 1.29 is 4.74 Å². The molecule has 1 fully saturated rings. The van der Waals surface area contributed by atoms with E-state index < -0.39 is 0 Å². The molecule has 0 spiro atoms. The molecule has 1 aliphatic rings. The fraction of sp³-hybridized carbons (Fsp3) is 0.438. The molecule has 4 nitrogen and oxygen atoms in total. The fourth-order valence-corrected chi connectivity index (χ4v) is 3.41. The van der Waals surface area contributed by atoms with Crippen LogP contribution in [0.5, 0.6) is 5.75 Å². The first-order valence-electron chi connectivity index (χ1n) is 6.91. The molecule has 0 saturated heterocycles. The average molecular weight is 271 g/mol. The minimum atomic E-state index is 0.221. The number of anilines is 1. The van der Waals surface area contributed by atoms with Crippen LogP contribution >= 0.6 is 0 Å². The lowest BCUT2D eigenvalue weighted by molar-refractivity contribution is 0.414. The predicted molar refractivity (Wildman–Crippen MR) is 80.0 cm³/mol. The van der Waals surface area contributed by atoms with Crippen molar-refractivity contribution in [1.82, 2.24) is 9.97 Å². The summed E-state index contributed by atoms with van der Waals surface area (Å²) in [6.07, 6.45) is 0. The normalized spacial score (nSPS) is 23.6. The van der Waals surface area contributed by atoms with E-state index in [0.717, 1.165) is 11.4 Å². The second kappa shape index (κ2) is 4.27. The van der Waals surface area contributed by atoms with E-state index in [1.807, 2.05) is 19.1 Å². The summed E-state index contributed by atoms with van der Waals surface area (Å²) < 4.78 is 5.22. The standard InChI is InChI=1S/C16H21N3O/c1-9-14(19-15(17)18-9)13-12(16(13,2)3)10-5-7-11(20-4)8-6-10/h5-8,12-13H,1-4H3,(H3,17,18,19)/t12-,13+/m1/s1. The van der Waals surface area contributed by atoms with Crippen molar-refractivity contribution >= 4 is 5.95 Å². The summed E-state index contributed by atoms with van der Waals surface area (Å²) in [5.74, 6) is 2.34. The zero-order valence-electron chi connectivity index (χ0n) is 12.4. The van der Waals surface area contributed by atoms with Crippen molar-refractivity contribution in [3.8, 4) is 5.75 Å². The van der Waals surface area contributed by atoms with E-state index in [0.29, 0.717) is 17.8 Å². The Morgan fingerprint density at radius 2 is 1.85 bits per heavy atom. The van der Waals surface area contributed by atoms with Crippen LogP contribution in [0.3, 0.4) is 0 Å². The van der Waals surface area contributed by atoms with Crippen LogP contribution in [0, 0.1) is 12.3 Å². The number of aromatic amines is 1. The first kappa shape index (κ1) is 13.0. The zero-order valence-corrected chi connectivity index (χ0v) is 12.4. The van der Waals surface area contributed by atoms with Gasteiger partial charge in [-0.05, 0) is 36.0 Å². The molecular weight excluding hydrogens is 250 g/mol. The number of nitrogen functional groups attached to an aromatic ring is 1. The molecule has 1 aromatic carbocycles. The Balaban J connectivity index is 1.92. The number of nitrogens with two attached hydrogens (primary N) is 1. The van der Waals surface area contributed by atoms with Crippen molar-refractivity contribution in [3.05, 3.63) is 41.2 Å². The summed E-state index contributed by atoms with van der Waals surface area (Å²) >= 11 is 0. The van der Waals surface area contributed by atoms with Crippen LogP contribution in [0.2, 0.25) is 0 Å². The van der Waals surface area contributed by atoms with Crippen molar-refractivity contribution in [2.45, 2.75) is 32.6 Å². The van der Waals surface area contributed by atoms with Crippen molar-refractivity contribution in [3.63, 3.8) is 0 Å². The highest BCUT2D eigenvalue weighted by Crippen LogP contribution is 2.69. The van der Waals surface area contributed by atoms with Crippen molar-refractivity contribution in [1.29, 1.82) is 0 Å². The number of rotatable bonds is 3. The highest BCUT2D eigenvalue weighted by molar-refractivity contribution is 5.44. The molecule has 0 amide bonds. The van der Waals surface area contributed by atoms with Gasteiger partial charge in [0.05, 0.1) is 12.8 Å². The second-order valence-corrected chi connectivity index (χ2v) is 6.17. The highest BCUT2D eigenvalue weighted by atomic mass is 16.5. The molecule has 3 rings (SSSR count). The predicted octanol–water partition coefficient (Wildman–Crippen LogP) is 3.22. The van der Waals surface area contributed by atoms with Crippen molar-refractivity contribution in [2.75, 3.05) is 12.8 Å². The minimum Gasteiger partial charge on any atom is -0.497 e. The monoisotopic (exact) mass is 271 g/mol. The van der Waals surface area contributed by atoms with Gasteiger partial charge in [-0.3, -0.25) is 0 Å². The van der Waals surface area contributed by atoms with Crippen LogP contribution in [-0.2, 0) is 0 Å². The van der Waals surface area contributed by atoms with Crippen molar-refractivity contribution in [2.24, 2.45) is 5.41 Å². The number of hydrogen-bond donors (Lipinski definition) is 2. The molecule has 20 heavy (non-hydrogen) atoms. The summed E-state index contributed by atoms with van der Waals surface area (Å²) in [5, 5.41) is 0. The number of H-pyrrole nitrogens is 1. The molecule has 0 aliphatic heterocycles. The molecule has 1 aromatic heterocycles. The van der Waals surface area contributed by atoms with Crippen LogP contribution in [0.1, 0.15) is 42.6 Å². The van der Waals surface area contributed by atoms with Gasteiger partial charge in [-0.25, -0.2) is 4.98 Å². The molecule has 0 unspecified atom stereocenters. The molecule has 106 valence electrons. The van der Waals surface area contributed by atoms with E-state index in [1.54, 1.807) is 7.11 Å². The lowest BCUT2D eigenvalue weighted by atomic mass is 10.0. The third-order valence-electron chi connectivity index (χ3n) is 4.55. The largest absolute Gasteiger partial charge is 0.497 e. The Labute approximate surface area is 119 Å². The number of benzene rings is 1. The fourth-order valence-electron chi connectivity index (χ4n) is 3.41. The number of methoxy groups -OCH3 is 1. The minimum absolute atomic E-state index is 0.221. The van der Waals surface area contributed by atoms with Crippen LogP contribution in [0.4, 0.5) is 5.95 Å². The summed E-state index contributed by atoms with van der Waals surface area (Å²) in [4.78, 5) is 7.52. The van der Waals surface area contributed by atoms with E-state index in [1.165, 1.54) is 11.3 Å². The molecule has 2 atom stereocenters. The number of ether oxygens (including phenoxy) is 1. The Kier molecular flexibility index (Phi) is 2.78. The quantitative estimate of drug-likeness (QED) is 0.901. The van der Waals surface area contributed by atoms with Crippen LogP contribution in [-0.4, -0.2) is 17.1 Å². The highest BCUT2D eigenvalue weighted by Gasteiger charge is 2.60. The molecule has 2 aromatic rings. The maximum atomic E-state index is 5.77. The van der Waals surface area contributed by atoms with Gasteiger partial charge < -0.3 is 15.5 Å². The van der Waals surface area contributed by atoms with E-state index in [4.69, 9.17) is 10.5 Å². The van der Waals surface area contributed by atoms with E-state index >= 15 is 0 Å². The molecule has 1 heterocycles. The van der Waals surface area contributed by atoms with E-state index in [9.17, 15) is 0 Å². The van der Waals surface area contributed by atoms with Crippen LogP contribution < -0.4 is 10.5 Å². The molecule has 0 radical (unpaired) electrons. The Morgan fingerprint density at radius 3 is 2.35 bits per heavy atom. The Hall–Kier alpha value is -1.97. The number of aryl methyl sites for hydroxylation is 1. The third kappa shape index (κ3) is 1.87. The summed E-state index contributed by atoms with van der Waals surface area (Å²) in [6, 6.07) is 8.35. The molecule has 1 aliphatic carbocycles. The topological polar surface area (TPSA) is 63.9 Å². The number of nitrogens with zero attached hydrogens (tertiary/aromatic N) is 1. The van der Waals surface area contributed by atoms with Gasteiger partial charge in [-0.15, -0.1) is 0 Å². The number of hydrogen-bond acceptors (Lipinski definition) is 3. The zero-order chi connectivity index (χ0) is 14.5. The maximum Gasteiger partial charge on any atom is 0.197 e. The second-order valence-electron chi connectivity index (χ2n) is 6.17. The molecule has 4 heteroatoms. The summed E-state index contributed by atoms with van der Waals surface area (Å²) in [7, 11) is 1.69.